The molecule has 0 bridgehead atoms. The topological polar surface area (TPSA) is 29.5 Å². The molecule has 1 aliphatic rings. The fourth-order valence-corrected chi connectivity index (χ4v) is 3.13. The van der Waals surface area contributed by atoms with E-state index in [4.69, 9.17) is 39.5 Å². The van der Waals surface area contributed by atoms with Gasteiger partial charge in [0.25, 0.3) is 0 Å². The number of aliphatic hydroxyl groups excluding tert-OH is 1. The Morgan fingerprint density at radius 1 is 1.33 bits per heavy atom. The summed E-state index contributed by atoms with van der Waals surface area (Å²) in [4.78, 5) is 0. The van der Waals surface area contributed by atoms with Gasteiger partial charge in [-0.3, -0.25) is 0 Å². The Morgan fingerprint density at radius 3 is 2.33 bits per heavy atom. The minimum absolute atomic E-state index is 0.0753. The van der Waals surface area contributed by atoms with E-state index in [2.05, 4.69) is 0 Å². The molecular formula is C13H15Cl3O2. The molecule has 1 aromatic rings. The Balaban J connectivity index is 2.21. The lowest BCUT2D eigenvalue weighted by Crippen LogP contribution is -2.57. The largest absolute Gasteiger partial charge is 0.487 e. The van der Waals surface area contributed by atoms with Crippen LogP contribution in [0.1, 0.15) is 26.7 Å². The summed E-state index contributed by atoms with van der Waals surface area (Å²) in [5, 5.41) is 11.1. The van der Waals surface area contributed by atoms with Gasteiger partial charge in [-0.05, 0) is 18.6 Å². The third-order valence-corrected chi connectivity index (χ3v) is 4.70. The summed E-state index contributed by atoms with van der Waals surface area (Å²) in [7, 11) is 0. The fourth-order valence-electron chi connectivity index (χ4n) is 2.23. The highest BCUT2D eigenvalue weighted by Gasteiger charge is 2.51. The molecule has 3 unspecified atom stereocenters. The second-order valence-corrected chi connectivity index (χ2v) is 6.17. The number of ether oxygens (including phenoxy) is 1. The van der Waals surface area contributed by atoms with Crippen molar-refractivity contribution in [2.24, 2.45) is 5.41 Å². The van der Waals surface area contributed by atoms with Crippen LogP contribution in [0.3, 0.4) is 0 Å². The number of rotatable bonds is 3. The number of aliphatic hydroxyl groups is 1. The van der Waals surface area contributed by atoms with Gasteiger partial charge in [-0.2, -0.15) is 0 Å². The maximum absolute atomic E-state index is 9.83. The molecule has 1 aromatic carbocycles. The third kappa shape index (κ3) is 2.32. The van der Waals surface area contributed by atoms with E-state index >= 15 is 0 Å². The van der Waals surface area contributed by atoms with Crippen molar-refractivity contribution < 1.29 is 9.84 Å². The van der Waals surface area contributed by atoms with E-state index in [1.807, 2.05) is 13.8 Å². The van der Waals surface area contributed by atoms with Crippen LogP contribution in [0.5, 0.6) is 5.75 Å². The highest BCUT2D eigenvalue weighted by atomic mass is 35.5. The van der Waals surface area contributed by atoms with Crippen molar-refractivity contribution in [2.75, 3.05) is 0 Å². The molecule has 0 aliphatic heterocycles. The van der Waals surface area contributed by atoms with Crippen LogP contribution in [0.25, 0.3) is 0 Å². The number of halogens is 3. The summed E-state index contributed by atoms with van der Waals surface area (Å²) in [5.74, 6) is 0.444. The van der Waals surface area contributed by atoms with Gasteiger partial charge in [0.1, 0.15) is 6.10 Å². The Labute approximate surface area is 122 Å². The van der Waals surface area contributed by atoms with Gasteiger partial charge in [0.2, 0.25) is 0 Å². The predicted octanol–water partition coefficient (Wildman–Crippen LogP) is 4.58. The average Bonchev–Trinajstić information content (AvgIpc) is 2.30. The molecule has 0 heterocycles. The van der Waals surface area contributed by atoms with E-state index in [1.54, 1.807) is 12.1 Å². The molecule has 18 heavy (non-hydrogen) atoms. The lowest BCUT2D eigenvalue weighted by atomic mass is 9.63. The molecule has 100 valence electrons. The van der Waals surface area contributed by atoms with Crippen molar-refractivity contribution in [2.45, 2.75) is 38.9 Å². The second-order valence-electron chi connectivity index (χ2n) is 4.92. The van der Waals surface area contributed by atoms with Gasteiger partial charge in [0.05, 0.1) is 16.1 Å². The van der Waals surface area contributed by atoms with Crippen LogP contribution in [0.2, 0.25) is 15.1 Å². The Bertz CT molecular complexity index is 441. The second kappa shape index (κ2) is 5.09. The molecule has 2 rings (SSSR count). The lowest BCUT2D eigenvalue weighted by molar-refractivity contribution is -0.147. The lowest BCUT2D eigenvalue weighted by Gasteiger charge is -2.50. The third-order valence-electron chi connectivity index (χ3n) is 3.92. The average molecular weight is 310 g/mol. The summed E-state index contributed by atoms with van der Waals surface area (Å²) in [6.45, 7) is 4.04. The number of hydrogen-bond donors (Lipinski definition) is 1. The first kappa shape index (κ1) is 14.3. The van der Waals surface area contributed by atoms with Crippen molar-refractivity contribution in [3.63, 3.8) is 0 Å². The SMILES string of the molecule is CCC1(C)C(O)CC1Oc1c(Cl)cc(Cl)cc1Cl. The van der Waals surface area contributed by atoms with E-state index < -0.39 is 0 Å². The Hall–Kier alpha value is -0.150. The first-order valence-electron chi connectivity index (χ1n) is 5.87. The van der Waals surface area contributed by atoms with Gasteiger partial charge in [-0.1, -0.05) is 48.7 Å². The molecule has 5 heteroatoms. The van der Waals surface area contributed by atoms with Crippen molar-refractivity contribution in [3.8, 4) is 5.75 Å². The summed E-state index contributed by atoms with van der Waals surface area (Å²) in [6.07, 6.45) is 1.02. The van der Waals surface area contributed by atoms with Crippen molar-refractivity contribution >= 4 is 34.8 Å². The summed E-state index contributed by atoms with van der Waals surface area (Å²) < 4.78 is 5.86. The van der Waals surface area contributed by atoms with Crippen LogP contribution in [0.15, 0.2) is 12.1 Å². The minimum atomic E-state index is -0.336. The molecule has 0 radical (unpaired) electrons. The zero-order valence-corrected chi connectivity index (χ0v) is 12.5. The normalized spacial score (nSPS) is 31.0. The van der Waals surface area contributed by atoms with Crippen molar-refractivity contribution in [3.05, 3.63) is 27.2 Å². The van der Waals surface area contributed by atoms with E-state index in [-0.39, 0.29) is 17.6 Å². The van der Waals surface area contributed by atoms with E-state index in [0.29, 0.717) is 27.2 Å². The molecule has 0 spiro atoms. The Morgan fingerprint density at radius 2 is 1.89 bits per heavy atom. The molecule has 1 fully saturated rings. The van der Waals surface area contributed by atoms with Gasteiger partial charge >= 0.3 is 0 Å². The van der Waals surface area contributed by atoms with Crippen LogP contribution in [-0.4, -0.2) is 17.3 Å². The first-order chi connectivity index (χ1) is 8.38. The molecule has 2 nitrogen and oxygen atoms in total. The van der Waals surface area contributed by atoms with Crippen LogP contribution in [0.4, 0.5) is 0 Å². The molecule has 1 N–H and O–H groups in total. The van der Waals surface area contributed by atoms with Crippen LogP contribution in [0, 0.1) is 5.41 Å². The van der Waals surface area contributed by atoms with E-state index in [1.165, 1.54) is 0 Å². The van der Waals surface area contributed by atoms with Crippen LogP contribution in [-0.2, 0) is 0 Å². The molecule has 0 amide bonds. The smallest absolute Gasteiger partial charge is 0.157 e. The van der Waals surface area contributed by atoms with Gasteiger partial charge in [-0.25, -0.2) is 0 Å². The molecule has 0 aromatic heterocycles. The molecule has 1 aliphatic carbocycles. The quantitative estimate of drug-likeness (QED) is 0.886. The molecule has 1 saturated carbocycles. The summed E-state index contributed by atoms with van der Waals surface area (Å²) in [5.41, 5.74) is -0.244. The van der Waals surface area contributed by atoms with Gasteiger partial charge in [-0.15, -0.1) is 0 Å². The number of hydrogen-bond acceptors (Lipinski definition) is 2. The molecule has 0 saturated heterocycles. The van der Waals surface area contributed by atoms with Crippen LogP contribution < -0.4 is 4.74 Å². The predicted molar refractivity (Wildman–Crippen MR) is 74.9 cm³/mol. The van der Waals surface area contributed by atoms with Crippen LogP contribution >= 0.6 is 34.8 Å². The first-order valence-corrected chi connectivity index (χ1v) is 7.01. The minimum Gasteiger partial charge on any atom is -0.487 e. The zero-order valence-electron chi connectivity index (χ0n) is 10.2. The standard InChI is InChI=1S/C13H15Cl3O2/c1-3-13(2)10(17)6-11(13)18-12-8(15)4-7(14)5-9(12)16/h4-5,10-11,17H,3,6H2,1-2H3. The van der Waals surface area contributed by atoms with Gasteiger partial charge in [0.15, 0.2) is 5.75 Å². The fraction of sp³-hybridized carbons (Fsp3) is 0.538. The van der Waals surface area contributed by atoms with Crippen molar-refractivity contribution in [1.29, 1.82) is 0 Å². The zero-order chi connectivity index (χ0) is 13.5. The molecular weight excluding hydrogens is 294 g/mol. The summed E-state index contributed by atoms with van der Waals surface area (Å²) >= 11 is 18.0. The van der Waals surface area contributed by atoms with Crippen molar-refractivity contribution in [1.82, 2.24) is 0 Å². The van der Waals surface area contributed by atoms with E-state index in [0.717, 1.165) is 6.42 Å². The van der Waals surface area contributed by atoms with E-state index in [9.17, 15) is 5.11 Å². The summed E-state index contributed by atoms with van der Waals surface area (Å²) in [6, 6.07) is 3.20. The Kier molecular flexibility index (Phi) is 4.03. The highest BCUT2D eigenvalue weighted by Crippen LogP contribution is 2.48. The number of benzene rings is 1. The van der Waals surface area contributed by atoms with Gasteiger partial charge < -0.3 is 9.84 Å². The monoisotopic (exact) mass is 308 g/mol. The maximum Gasteiger partial charge on any atom is 0.157 e. The highest BCUT2D eigenvalue weighted by molar-refractivity contribution is 6.40. The molecule has 3 atom stereocenters. The van der Waals surface area contributed by atoms with Gasteiger partial charge in [0, 0.05) is 16.9 Å². The maximum atomic E-state index is 9.83.